The molecule has 0 saturated carbocycles. The molecule has 2 rings (SSSR count). The summed E-state index contributed by atoms with van der Waals surface area (Å²) in [5.41, 5.74) is 11.1. The molecule has 1 fully saturated rings. The van der Waals surface area contributed by atoms with Gasteiger partial charge in [0.1, 0.15) is 18.1 Å². The van der Waals surface area contributed by atoms with Crippen LogP contribution in [0.1, 0.15) is 62.7 Å². The van der Waals surface area contributed by atoms with E-state index >= 15 is 0 Å². The Morgan fingerprint density at radius 1 is 1.08 bits per heavy atom. The second-order valence-electron chi connectivity index (χ2n) is 9.41. The number of carbonyl (C=O) groups is 4. The van der Waals surface area contributed by atoms with E-state index < -0.39 is 30.0 Å². The molecule has 36 heavy (non-hydrogen) atoms. The second-order valence-corrected chi connectivity index (χ2v) is 9.41. The van der Waals surface area contributed by atoms with Crippen LogP contribution in [-0.4, -0.2) is 70.9 Å². The Labute approximate surface area is 211 Å². The number of hydrogen-bond acceptors (Lipinski definition) is 5. The lowest BCUT2D eigenvalue weighted by molar-refractivity contribution is -0.144. The van der Waals surface area contributed by atoms with E-state index in [4.69, 9.17) is 11.5 Å². The van der Waals surface area contributed by atoms with E-state index in [1.54, 1.807) is 30.3 Å². The summed E-state index contributed by atoms with van der Waals surface area (Å²) in [6.07, 6.45) is 2.84. The largest absolute Gasteiger partial charge is 0.480 e. The van der Waals surface area contributed by atoms with Gasteiger partial charge in [0.2, 0.25) is 11.8 Å². The predicted octanol–water partition coefficient (Wildman–Crippen LogP) is 0.835. The molecular formula is C25H38N6O5. The molecular weight excluding hydrogens is 464 g/mol. The number of benzene rings is 1. The summed E-state index contributed by atoms with van der Waals surface area (Å²) >= 11 is 0. The van der Waals surface area contributed by atoms with Gasteiger partial charge >= 0.3 is 5.97 Å². The van der Waals surface area contributed by atoms with Crippen molar-refractivity contribution >= 4 is 29.7 Å². The highest BCUT2D eigenvalue weighted by Crippen LogP contribution is 2.21. The Hall–Kier alpha value is -3.63. The number of unbranched alkanes of at least 4 members (excludes halogenated alkanes) is 1. The number of guanidine groups is 1. The zero-order chi connectivity index (χ0) is 26.7. The maximum absolute atomic E-state index is 13.5. The second kappa shape index (κ2) is 14.1. The molecule has 7 N–H and O–H groups in total. The molecule has 11 heteroatoms. The first-order valence-corrected chi connectivity index (χ1v) is 12.3. The van der Waals surface area contributed by atoms with Crippen LogP contribution in [0, 0.1) is 5.92 Å². The van der Waals surface area contributed by atoms with Gasteiger partial charge in [-0.1, -0.05) is 32.0 Å². The van der Waals surface area contributed by atoms with Crippen LogP contribution in [0.15, 0.2) is 35.3 Å². The van der Waals surface area contributed by atoms with Crippen LogP contribution in [0.5, 0.6) is 0 Å². The molecule has 1 saturated heterocycles. The van der Waals surface area contributed by atoms with Gasteiger partial charge in [0.05, 0.1) is 0 Å². The van der Waals surface area contributed by atoms with Gasteiger partial charge in [0.25, 0.3) is 5.91 Å². The van der Waals surface area contributed by atoms with Gasteiger partial charge in [-0.05, 0) is 56.6 Å². The molecule has 3 amide bonds. The first-order valence-electron chi connectivity index (χ1n) is 12.3. The normalized spacial score (nSPS) is 16.8. The molecule has 1 aliphatic rings. The summed E-state index contributed by atoms with van der Waals surface area (Å²) in [6, 6.07) is 5.90. The minimum absolute atomic E-state index is 0.0111. The highest BCUT2D eigenvalue weighted by Gasteiger charge is 2.38. The van der Waals surface area contributed by atoms with Crippen LogP contribution < -0.4 is 22.1 Å². The quantitative estimate of drug-likeness (QED) is 0.150. The van der Waals surface area contributed by atoms with Crippen LogP contribution >= 0.6 is 0 Å². The number of amides is 3. The smallest absolute Gasteiger partial charge is 0.326 e. The number of carboxylic acids is 1. The minimum atomic E-state index is -1.11. The van der Waals surface area contributed by atoms with Crippen LogP contribution in [-0.2, 0) is 14.4 Å². The number of likely N-dealkylation sites (tertiary alicyclic amines) is 1. The minimum Gasteiger partial charge on any atom is -0.480 e. The van der Waals surface area contributed by atoms with Crippen molar-refractivity contribution in [3.8, 4) is 0 Å². The van der Waals surface area contributed by atoms with Crippen LogP contribution in [0.4, 0.5) is 0 Å². The Morgan fingerprint density at radius 2 is 1.78 bits per heavy atom. The standard InChI is InChI=1S/C25H38N6O5/c1-16(2)15-19(24(35)36)30-22(33)20-12-8-14-31(20)23(34)18(11-6-7-13-28-25(26)27)29-21(32)17-9-4-3-5-10-17/h3-5,9-10,16,18-20H,6-8,11-15H2,1-2H3,(H,29,32)(H,30,33)(H,35,36)(H4,26,27,28)/t18-,19-,20-/m0/s1. The van der Waals surface area contributed by atoms with Crippen molar-refractivity contribution < 1.29 is 24.3 Å². The van der Waals surface area contributed by atoms with Gasteiger partial charge in [-0.3, -0.25) is 19.4 Å². The molecule has 1 aromatic rings. The fourth-order valence-corrected chi connectivity index (χ4v) is 4.22. The molecule has 11 nitrogen and oxygen atoms in total. The molecule has 0 aromatic heterocycles. The molecule has 0 bridgehead atoms. The fourth-order valence-electron chi connectivity index (χ4n) is 4.22. The maximum atomic E-state index is 13.5. The van der Waals surface area contributed by atoms with E-state index in [-0.39, 0.29) is 30.1 Å². The number of hydrogen-bond donors (Lipinski definition) is 5. The summed E-state index contributed by atoms with van der Waals surface area (Å²) < 4.78 is 0. The third kappa shape index (κ3) is 8.86. The predicted molar refractivity (Wildman–Crippen MR) is 136 cm³/mol. The highest BCUT2D eigenvalue weighted by atomic mass is 16.4. The number of carboxylic acid groups (broad SMARTS) is 1. The zero-order valence-electron chi connectivity index (χ0n) is 21.0. The third-order valence-electron chi connectivity index (χ3n) is 5.99. The van der Waals surface area contributed by atoms with E-state index in [0.29, 0.717) is 50.8 Å². The Balaban J connectivity index is 2.13. The number of nitrogens with one attached hydrogen (secondary N) is 2. The highest BCUT2D eigenvalue weighted by molar-refractivity contribution is 5.98. The maximum Gasteiger partial charge on any atom is 0.326 e. The van der Waals surface area contributed by atoms with Crippen LogP contribution in [0.2, 0.25) is 0 Å². The monoisotopic (exact) mass is 502 g/mol. The Bertz CT molecular complexity index is 932. The molecule has 3 atom stereocenters. The van der Waals surface area contributed by atoms with Gasteiger partial charge in [-0.15, -0.1) is 0 Å². The number of rotatable bonds is 13. The Kier molecular flexibility index (Phi) is 11.2. The molecule has 1 aromatic carbocycles. The summed E-state index contributed by atoms with van der Waals surface area (Å²) in [7, 11) is 0. The van der Waals surface area contributed by atoms with Gasteiger partial charge in [0.15, 0.2) is 5.96 Å². The summed E-state index contributed by atoms with van der Waals surface area (Å²) in [6.45, 7) is 4.50. The van der Waals surface area contributed by atoms with Crippen molar-refractivity contribution in [2.75, 3.05) is 13.1 Å². The molecule has 1 heterocycles. The SMILES string of the molecule is CC(C)C[C@H](NC(=O)[C@@H]1CCCN1C(=O)[C@H](CCCCN=C(N)N)NC(=O)c1ccccc1)C(=O)O. The lowest BCUT2D eigenvalue weighted by atomic mass is 10.0. The van der Waals surface area contributed by atoms with Crippen molar-refractivity contribution in [3.63, 3.8) is 0 Å². The lowest BCUT2D eigenvalue weighted by Gasteiger charge is -2.29. The number of nitrogens with zero attached hydrogens (tertiary/aromatic N) is 2. The van der Waals surface area contributed by atoms with E-state index in [2.05, 4.69) is 15.6 Å². The van der Waals surface area contributed by atoms with Crippen molar-refractivity contribution in [1.82, 2.24) is 15.5 Å². The number of aliphatic carboxylic acids is 1. The fraction of sp³-hybridized carbons (Fsp3) is 0.560. The van der Waals surface area contributed by atoms with Gasteiger partial charge in [-0.25, -0.2) is 4.79 Å². The average molecular weight is 503 g/mol. The molecule has 0 unspecified atom stereocenters. The van der Waals surface area contributed by atoms with Crippen molar-refractivity contribution in [2.24, 2.45) is 22.4 Å². The van der Waals surface area contributed by atoms with Gasteiger partial charge in [-0.2, -0.15) is 0 Å². The number of aliphatic imine (C=N–C) groups is 1. The van der Waals surface area contributed by atoms with E-state index in [1.807, 2.05) is 13.8 Å². The molecule has 198 valence electrons. The average Bonchev–Trinajstić information content (AvgIpc) is 3.32. The first kappa shape index (κ1) is 28.6. The van der Waals surface area contributed by atoms with E-state index in [0.717, 1.165) is 0 Å². The zero-order valence-corrected chi connectivity index (χ0v) is 21.0. The van der Waals surface area contributed by atoms with Gasteiger partial charge in [0, 0.05) is 18.7 Å². The summed E-state index contributed by atoms with van der Waals surface area (Å²) in [4.78, 5) is 56.3. The molecule has 1 aliphatic heterocycles. The number of carbonyl (C=O) groups excluding carboxylic acids is 3. The lowest BCUT2D eigenvalue weighted by Crippen LogP contribution is -2.55. The summed E-state index contributed by atoms with van der Waals surface area (Å²) in [5, 5.41) is 14.9. The van der Waals surface area contributed by atoms with Crippen molar-refractivity contribution in [3.05, 3.63) is 35.9 Å². The van der Waals surface area contributed by atoms with Crippen molar-refractivity contribution in [2.45, 2.75) is 70.5 Å². The third-order valence-corrected chi connectivity index (χ3v) is 5.99. The Morgan fingerprint density at radius 3 is 2.39 bits per heavy atom. The van der Waals surface area contributed by atoms with E-state index in [9.17, 15) is 24.3 Å². The molecule has 0 radical (unpaired) electrons. The van der Waals surface area contributed by atoms with Crippen LogP contribution in [0.3, 0.4) is 0 Å². The molecule has 0 aliphatic carbocycles. The number of nitrogens with two attached hydrogens (primary N) is 2. The summed E-state index contributed by atoms with van der Waals surface area (Å²) in [5.74, 6) is -2.29. The van der Waals surface area contributed by atoms with E-state index in [1.165, 1.54) is 4.90 Å². The topological polar surface area (TPSA) is 180 Å². The van der Waals surface area contributed by atoms with Crippen LogP contribution in [0.25, 0.3) is 0 Å². The van der Waals surface area contributed by atoms with Gasteiger partial charge < -0.3 is 32.1 Å². The molecule has 0 spiro atoms. The van der Waals surface area contributed by atoms with Crippen molar-refractivity contribution in [1.29, 1.82) is 0 Å². The first-order chi connectivity index (χ1) is 17.1.